The highest BCUT2D eigenvalue weighted by Crippen LogP contribution is 2.39. The summed E-state index contributed by atoms with van der Waals surface area (Å²) in [5.74, 6) is 1.64. The fraction of sp³-hybridized carbons (Fsp3) is 0. The molecule has 0 amide bonds. The van der Waals surface area contributed by atoms with Crippen LogP contribution in [0.5, 0.6) is 0 Å². The van der Waals surface area contributed by atoms with Crippen LogP contribution in [-0.2, 0) is 0 Å². The zero-order valence-electron chi connectivity index (χ0n) is 21.3. The predicted molar refractivity (Wildman–Crippen MR) is 163 cm³/mol. The Labute approximate surface area is 227 Å². The van der Waals surface area contributed by atoms with Gasteiger partial charge in [-0.1, -0.05) is 127 Å². The molecule has 0 saturated carbocycles. The minimum absolute atomic E-state index is 0.820. The van der Waals surface area contributed by atoms with E-state index in [-0.39, 0.29) is 0 Å². The Morgan fingerprint density at radius 1 is 0.385 bits per heavy atom. The molecule has 0 unspecified atom stereocenters. The third-order valence-electron chi connectivity index (χ3n) is 7.02. The van der Waals surface area contributed by atoms with Gasteiger partial charge in [-0.25, -0.2) is 9.97 Å². The zero-order chi connectivity index (χ0) is 26.0. The standard InChI is InChI=1S/C36H25N3/c1-4-14-26(15-5-1)35-31-22-12-10-18-28(31)24-33(37-35)39(30-20-8-3-9-21-30)34-25-29-19-11-13-23-32(29)36(38-34)27-16-6-2-7-17-27/h1-25H. The number of aromatic nitrogens is 2. The number of para-hydroxylation sites is 1. The summed E-state index contributed by atoms with van der Waals surface area (Å²) < 4.78 is 0. The van der Waals surface area contributed by atoms with Gasteiger partial charge in [-0.15, -0.1) is 0 Å². The first kappa shape index (κ1) is 22.9. The van der Waals surface area contributed by atoms with Crippen LogP contribution >= 0.6 is 0 Å². The first-order valence-corrected chi connectivity index (χ1v) is 13.1. The molecule has 0 saturated heterocycles. The van der Waals surface area contributed by atoms with Crippen LogP contribution in [0.25, 0.3) is 44.1 Å². The number of hydrogen-bond donors (Lipinski definition) is 0. The van der Waals surface area contributed by atoms with Crippen LogP contribution in [0.1, 0.15) is 0 Å². The fourth-order valence-corrected chi connectivity index (χ4v) is 5.19. The van der Waals surface area contributed by atoms with Crippen LogP contribution in [0, 0.1) is 0 Å². The van der Waals surface area contributed by atoms with Crippen molar-refractivity contribution < 1.29 is 0 Å². The van der Waals surface area contributed by atoms with Crippen LogP contribution in [0.15, 0.2) is 152 Å². The minimum atomic E-state index is 0.820. The molecule has 0 radical (unpaired) electrons. The maximum absolute atomic E-state index is 5.29. The molecule has 39 heavy (non-hydrogen) atoms. The Morgan fingerprint density at radius 2 is 0.769 bits per heavy atom. The number of fused-ring (bicyclic) bond motifs is 2. The number of rotatable bonds is 5. The zero-order valence-corrected chi connectivity index (χ0v) is 21.3. The molecule has 184 valence electrons. The normalized spacial score (nSPS) is 11.1. The number of hydrogen-bond acceptors (Lipinski definition) is 3. The van der Waals surface area contributed by atoms with E-state index in [0.29, 0.717) is 0 Å². The smallest absolute Gasteiger partial charge is 0.140 e. The molecule has 0 atom stereocenters. The van der Waals surface area contributed by atoms with E-state index in [4.69, 9.17) is 9.97 Å². The number of pyridine rings is 2. The monoisotopic (exact) mass is 499 g/mol. The first-order valence-electron chi connectivity index (χ1n) is 13.1. The Bertz CT molecular complexity index is 1780. The average Bonchev–Trinajstić information content (AvgIpc) is 3.02. The van der Waals surface area contributed by atoms with Gasteiger partial charge in [-0.3, -0.25) is 4.90 Å². The Hall–Kier alpha value is -5.28. The quantitative estimate of drug-likeness (QED) is 0.236. The van der Waals surface area contributed by atoms with Crippen molar-refractivity contribution in [2.45, 2.75) is 0 Å². The summed E-state index contributed by atoms with van der Waals surface area (Å²) in [7, 11) is 0. The molecule has 7 aromatic rings. The molecular weight excluding hydrogens is 474 g/mol. The van der Waals surface area contributed by atoms with Gasteiger partial charge in [0.2, 0.25) is 0 Å². The van der Waals surface area contributed by atoms with E-state index in [1.54, 1.807) is 0 Å². The summed E-state index contributed by atoms with van der Waals surface area (Å²) in [6.45, 7) is 0. The van der Waals surface area contributed by atoms with Crippen molar-refractivity contribution in [2.75, 3.05) is 4.90 Å². The van der Waals surface area contributed by atoms with Gasteiger partial charge < -0.3 is 0 Å². The van der Waals surface area contributed by atoms with Crippen LogP contribution in [0.2, 0.25) is 0 Å². The van der Waals surface area contributed by atoms with Gasteiger partial charge in [0.15, 0.2) is 0 Å². The van der Waals surface area contributed by atoms with Gasteiger partial charge >= 0.3 is 0 Å². The Kier molecular flexibility index (Phi) is 5.80. The molecule has 0 aliphatic heterocycles. The lowest BCUT2D eigenvalue weighted by Gasteiger charge is -2.25. The highest BCUT2D eigenvalue weighted by molar-refractivity contribution is 5.99. The van der Waals surface area contributed by atoms with Crippen molar-refractivity contribution in [3.63, 3.8) is 0 Å². The molecule has 7 rings (SSSR count). The van der Waals surface area contributed by atoms with Crippen LogP contribution in [0.4, 0.5) is 17.3 Å². The third kappa shape index (κ3) is 4.30. The molecular formula is C36H25N3. The van der Waals surface area contributed by atoms with E-state index >= 15 is 0 Å². The second-order valence-electron chi connectivity index (χ2n) is 9.50. The van der Waals surface area contributed by atoms with Gasteiger partial charge in [0.05, 0.1) is 11.4 Å². The van der Waals surface area contributed by atoms with E-state index in [2.05, 4.69) is 138 Å². The summed E-state index contributed by atoms with van der Waals surface area (Å²) in [5, 5.41) is 4.51. The van der Waals surface area contributed by atoms with Gasteiger partial charge in [-0.2, -0.15) is 0 Å². The topological polar surface area (TPSA) is 29.0 Å². The Morgan fingerprint density at radius 3 is 1.23 bits per heavy atom. The van der Waals surface area contributed by atoms with Crippen LogP contribution < -0.4 is 4.90 Å². The van der Waals surface area contributed by atoms with E-state index in [0.717, 1.165) is 61.4 Å². The molecule has 2 aromatic heterocycles. The number of anilines is 3. The van der Waals surface area contributed by atoms with Gasteiger partial charge in [0.25, 0.3) is 0 Å². The van der Waals surface area contributed by atoms with Crippen molar-refractivity contribution in [1.82, 2.24) is 9.97 Å². The van der Waals surface area contributed by atoms with Gasteiger partial charge in [-0.05, 0) is 35.0 Å². The van der Waals surface area contributed by atoms with Gasteiger partial charge in [0.1, 0.15) is 11.6 Å². The van der Waals surface area contributed by atoms with E-state index in [1.165, 1.54) is 0 Å². The number of benzene rings is 5. The summed E-state index contributed by atoms with van der Waals surface area (Å²) in [6.07, 6.45) is 0. The first-order chi connectivity index (χ1) is 19.3. The lowest BCUT2D eigenvalue weighted by molar-refractivity contribution is 1.14. The minimum Gasteiger partial charge on any atom is -0.279 e. The van der Waals surface area contributed by atoms with E-state index in [1.807, 2.05) is 18.2 Å². The molecule has 0 fully saturated rings. The number of nitrogens with zero attached hydrogens (tertiary/aromatic N) is 3. The maximum Gasteiger partial charge on any atom is 0.140 e. The van der Waals surface area contributed by atoms with E-state index in [9.17, 15) is 0 Å². The summed E-state index contributed by atoms with van der Waals surface area (Å²) >= 11 is 0. The Balaban J connectivity index is 1.52. The highest BCUT2D eigenvalue weighted by atomic mass is 15.2. The van der Waals surface area contributed by atoms with Crippen molar-refractivity contribution in [1.29, 1.82) is 0 Å². The molecule has 3 heteroatoms. The van der Waals surface area contributed by atoms with E-state index < -0.39 is 0 Å². The average molecular weight is 500 g/mol. The molecule has 3 nitrogen and oxygen atoms in total. The summed E-state index contributed by atoms with van der Waals surface area (Å²) in [5.41, 5.74) is 5.07. The lowest BCUT2D eigenvalue weighted by Crippen LogP contribution is -2.14. The molecule has 0 N–H and O–H groups in total. The maximum atomic E-state index is 5.29. The van der Waals surface area contributed by atoms with Crippen molar-refractivity contribution >= 4 is 38.9 Å². The SMILES string of the molecule is c1ccc(-c2nc(N(c3ccccc3)c3cc4ccccc4c(-c4ccccc4)n3)cc3ccccc23)cc1. The van der Waals surface area contributed by atoms with Crippen LogP contribution in [0.3, 0.4) is 0 Å². The van der Waals surface area contributed by atoms with Gasteiger partial charge in [0, 0.05) is 27.6 Å². The summed E-state index contributed by atoms with van der Waals surface area (Å²) in [4.78, 5) is 12.7. The second kappa shape index (κ2) is 9.88. The molecule has 2 heterocycles. The van der Waals surface area contributed by atoms with Crippen molar-refractivity contribution in [2.24, 2.45) is 0 Å². The van der Waals surface area contributed by atoms with Crippen molar-refractivity contribution in [3.8, 4) is 22.5 Å². The van der Waals surface area contributed by atoms with Crippen molar-refractivity contribution in [3.05, 3.63) is 152 Å². The second-order valence-corrected chi connectivity index (χ2v) is 9.50. The van der Waals surface area contributed by atoms with Crippen LogP contribution in [-0.4, -0.2) is 9.97 Å². The molecule has 0 spiro atoms. The summed E-state index contributed by atoms with van der Waals surface area (Å²) in [6, 6.07) is 52.4. The lowest BCUT2D eigenvalue weighted by atomic mass is 10.0. The molecule has 0 bridgehead atoms. The molecule has 0 aliphatic carbocycles. The third-order valence-corrected chi connectivity index (χ3v) is 7.02. The molecule has 0 aliphatic rings. The largest absolute Gasteiger partial charge is 0.279 e. The predicted octanol–water partition coefficient (Wildman–Crippen LogP) is 9.59. The highest BCUT2D eigenvalue weighted by Gasteiger charge is 2.20. The molecule has 5 aromatic carbocycles. The fourth-order valence-electron chi connectivity index (χ4n) is 5.19.